The Morgan fingerprint density at radius 2 is 1.87 bits per heavy atom. The molecule has 5 heteroatoms. The summed E-state index contributed by atoms with van der Waals surface area (Å²) < 4.78 is 1.96. The molecule has 0 radical (unpaired) electrons. The highest BCUT2D eigenvalue weighted by Gasteiger charge is 2.16. The molecule has 0 amide bonds. The fourth-order valence-electron chi connectivity index (χ4n) is 2.83. The maximum absolute atomic E-state index is 4.71. The van der Waals surface area contributed by atoms with Gasteiger partial charge >= 0.3 is 0 Å². The van der Waals surface area contributed by atoms with Crippen molar-refractivity contribution in [2.75, 3.05) is 7.05 Å². The van der Waals surface area contributed by atoms with E-state index in [9.17, 15) is 0 Å². The second kappa shape index (κ2) is 6.38. The lowest BCUT2D eigenvalue weighted by Crippen LogP contribution is -2.18. The van der Waals surface area contributed by atoms with Crippen molar-refractivity contribution in [2.45, 2.75) is 26.9 Å². The van der Waals surface area contributed by atoms with Crippen molar-refractivity contribution in [1.29, 1.82) is 0 Å². The molecule has 1 aromatic carbocycles. The first-order valence-electron chi connectivity index (χ1n) is 7.82. The van der Waals surface area contributed by atoms with Crippen molar-refractivity contribution in [3.63, 3.8) is 0 Å². The molecule has 1 N–H and O–H groups in total. The lowest BCUT2D eigenvalue weighted by molar-refractivity contribution is 0.314. The van der Waals surface area contributed by atoms with Crippen LogP contribution in [-0.4, -0.2) is 31.9 Å². The summed E-state index contributed by atoms with van der Waals surface area (Å²) in [5.41, 5.74) is 6.86. The van der Waals surface area contributed by atoms with Gasteiger partial charge in [0.15, 0.2) is 0 Å². The molecule has 0 saturated heterocycles. The number of hydrogen-bond acceptors (Lipinski definition) is 3. The highest BCUT2D eigenvalue weighted by molar-refractivity contribution is 5.63. The second-order valence-corrected chi connectivity index (χ2v) is 6.12. The molecule has 2 heterocycles. The minimum Gasteiger partial charge on any atom is -0.296 e. The fraction of sp³-hybridized carbons (Fsp3) is 0.333. The van der Waals surface area contributed by atoms with E-state index in [4.69, 9.17) is 5.10 Å². The zero-order chi connectivity index (χ0) is 16.4. The van der Waals surface area contributed by atoms with E-state index in [1.165, 1.54) is 11.3 Å². The number of rotatable bonds is 5. The fourth-order valence-corrected chi connectivity index (χ4v) is 2.83. The van der Waals surface area contributed by atoms with Crippen molar-refractivity contribution in [1.82, 2.24) is 24.9 Å². The Morgan fingerprint density at radius 3 is 2.52 bits per heavy atom. The van der Waals surface area contributed by atoms with Crippen molar-refractivity contribution in [2.24, 2.45) is 7.05 Å². The second-order valence-electron chi connectivity index (χ2n) is 6.12. The molecule has 120 valence electrons. The molecule has 0 unspecified atom stereocenters. The third-order valence-corrected chi connectivity index (χ3v) is 4.12. The molecule has 0 spiro atoms. The average Bonchev–Trinajstić information content (AvgIpc) is 3.06. The smallest absolute Gasteiger partial charge is 0.0970 e. The van der Waals surface area contributed by atoms with E-state index >= 15 is 0 Å². The number of nitrogens with one attached hydrogen (secondary N) is 1. The molecule has 0 aliphatic rings. The van der Waals surface area contributed by atoms with Crippen LogP contribution in [0.5, 0.6) is 0 Å². The molecule has 0 aliphatic heterocycles. The summed E-state index contributed by atoms with van der Waals surface area (Å²) in [5.74, 6) is 0. The standard InChI is InChI=1S/C18H23N5/c1-13-10-16(20-19-13)11-22(3)12-17-14(2)23(4)21-18(17)15-8-6-5-7-9-15/h5-10H,11-12H2,1-4H3,(H,19,20). The molecule has 23 heavy (non-hydrogen) atoms. The molecule has 0 bridgehead atoms. The van der Waals surface area contributed by atoms with Crippen LogP contribution in [0.25, 0.3) is 11.3 Å². The first kappa shape index (κ1) is 15.5. The van der Waals surface area contributed by atoms with Crippen LogP contribution >= 0.6 is 0 Å². The normalized spacial score (nSPS) is 11.3. The molecular weight excluding hydrogens is 286 g/mol. The Labute approximate surface area is 136 Å². The van der Waals surface area contributed by atoms with Gasteiger partial charge < -0.3 is 0 Å². The minimum absolute atomic E-state index is 0.812. The summed E-state index contributed by atoms with van der Waals surface area (Å²) in [7, 11) is 4.12. The van der Waals surface area contributed by atoms with E-state index in [-0.39, 0.29) is 0 Å². The Kier molecular flexibility index (Phi) is 4.30. The SMILES string of the molecule is Cc1cc(CN(C)Cc2c(-c3ccccc3)nn(C)c2C)n[nH]1. The molecule has 2 aromatic heterocycles. The largest absolute Gasteiger partial charge is 0.296 e. The predicted octanol–water partition coefficient (Wildman–Crippen LogP) is 3.06. The number of nitrogens with zero attached hydrogens (tertiary/aromatic N) is 4. The van der Waals surface area contributed by atoms with Crippen LogP contribution in [-0.2, 0) is 20.1 Å². The Balaban J connectivity index is 1.84. The first-order valence-corrected chi connectivity index (χ1v) is 7.82. The Bertz CT molecular complexity index is 785. The summed E-state index contributed by atoms with van der Waals surface area (Å²) in [6.07, 6.45) is 0. The van der Waals surface area contributed by atoms with Crippen LogP contribution in [0.4, 0.5) is 0 Å². The van der Waals surface area contributed by atoms with Gasteiger partial charge in [-0.1, -0.05) is 30.3 Å². The Morgan fingerprint density at radius 1 is 1.13 bits per heavy atom. The highest BCUT2D eigenvalue weighted by Crippen LogP contribution is 2.26. The van der Waals surface area contributed by atoms with Gasteiger partial charge in [0.1, 0.15) is 0 Å². The average molecular weight is 309 g/mol. The zero-order valence-electron chi connectivity index (χ0n) is 14.2. The third kappa shape index (κ3) is 3.35. The number of aryl methyl sites for hydroxylation is 2. The summed E-state index contributed by atoms with van der Waals surface area (Å²) in [4.78, 5) is 2.27. The minimum atomic E-state index is 0.812. The van der Waals surface area contributed by atoms with Gasteiger partial charge in [-0.3, -0.25) is 14.7 Å². The van der Waals surface area contributed by atoms with E-state index < -0.39 is 0 Å². The van der Waals surface area contributed by atoms with Crippen LogP contribution < -0.4 is 0 Å². The maximum atomic E-state index is 4.71. The van der Waals surface area contributed by atoms with Gasteiger partial charge in [-0.2, -0.15) is 10.2 Å². The van der Waals surface area contributed by atoms with Crippen LogP contribution in [0.15, 0.2) is 36.4 Å². The monoisotopic (exact) mass is 309 g/mol. The number of H-pyrrole nitrogens is 1. The van der Waals surface area contributed by atoms with Crippen LogP contribution in [0.1, 0.15) is 22.6 Å². The van der Waals surface area contributed by atoms with Gasteiger partial charge in [0.2, 0.25) is 0 Å². The van der Waals surface area contributed by atoms with E-state index in [2.05, 4.69) is 59.4 Å². The molecule has 0 atom stereocenters. The summed E-state index contributed by atoms with van der Waals surface area (Å²) in [6.45, 7) is 5.80. The van der Waals surface area contributed by atoms with Gasteiger partial charge in [0, 0.05) is 42.7 Å². The summed E-state index contributed by atoms with van der Waals surface area (Å²) >= 11 is 0. The van der Waals surface area contributed by atoms with Crippen molar-refractivity contribution in [3.8, 4) is 11.3 Å². The molecule has 0 aliphatic carbocycles. The lowest BCUT2D eigenvalue weighted by atomic mass is 10.1. The van der Waals surface area contributed by atoms with Gasteiger partial charge in [0.25, 0.3) is 0 Å². The molecule has 3 rings (SSSR count). The molecule has 0 fully saturated rings. The van der Waals surface area contributed by atoms with Crippen molar-refractivity contribution in [3.05, 3.63) is 59.0 Å². The lowest BCUT2D eigenvalue weighted by Gasteiger charge is -2.16. The van der Waals surface area contributed by atoms with Gasteiger partial charge in [-0.25, -0.2) is 0 Å². The molecular formula is C18H23N5. The van der Waals surface area contributed by atoms with E-state index in [1.807, 2.05) is 24.7 Å². The number of benzene rings is 1. The summed E-state index contributed by atoms with van der Waals surface area (Å²) in [5, 5.41) is 12.0. The van der Waals surface area contributed by atoms with Crippen molar-refractivity contribution < 1.29 is 0 Å². The van der Waals surface area contributed by atoms with Crippen LogP contribution in [0.3, 0.4) is 0 Å². The quantitative estimate of drug-likeness (QED) is 0.788. The first-order chi connectivity index (χ1) is 11.0. The van der Waals surface area contributed by atoms with Crippen LogP contribution in [0.2, 0.25) is 0 Å². The van der Waals surface area contributed by atoms with E-state index in [1.54, 1.807) is 0 Å². The number of aromatic nitrogens is 4. The van der Waals surface area contributed by atoms with E-state index in [0.29, 0.717) is 0 Å². The Hall–Kier alpha value is -2.40. The predicted molar refractivity (Wildman–Crippen MR) is 91.9 cm³/mol. The molecule has 3 aromatic rings. The topological polar surface area (TPSA) is 49.7 Å². The van der Waals surface area contributed by atoms with Gasteiger partial charge in [-0.15, -0.1) is 0 Å². The number of aromatic amines is 1. The zero-order valence-corrected chi connectivity index (χ0v) is 14.2. The van der Waals surface area contributed by atoms with Crippen LogP contribution in [0, 0.1) is 13.8 Å². The number of hydrogen-bond donors (Lipinski definition) is 1. The van der Waals surface area contributed by atoms with Crippen molar-refractivity contribution >= 4 is 0 Å². The maximum Gasteiger partial charge on any atom is 0.0970 e. The van der Waals surface area contributed by atoms with E-state index in [0.717, 1.165) is 35.7 Å². The summed E-state index contributed by atoms with van der Waals surface area (Å²) in [6, 6.07) is 12.5. The highest BCUT2D eigenvalue weighted by atomic mass is 15.3. The molecule has 0 saturated carbocycles. The molecule has 5 nitrogen and oxygen atoms in total. The van der Waals surface area contributed by atoms with Gasteiger partial charge in [0.05, 0.1) is 11.4 Å². The van der Waals surface area contributed by atoms with Gasteiger partial charge in [-0.05, 0) is 27.0 Å². The third-order valence-electron chi connectivity index (χ3n) is 4.12.